The number of aromatic nitrogens is 2. The quantitative estimate of drug-likeness (QED) is 0.715. The van der Waals surface area contributed by atoms with Gasteiger partial charge >= 0.3 is 5.97 Å². The zero-order valence-electron chi connectivity index (χ0n) is 9.55. The number of carbonyl (C=O) groups is 1. The summed E-state index contributed by atoms with van der Waals surface area (Å²) < 4.78 is 1.84. The van der Waals surface area contributed by atoms with Crippen molar-refractivity contribution in [2.45, 2.75) is 25.9 Å². The first-order valence-corrected chi connectivity index (χ1v) is 5.16. The van der Waals surface area contributed by atoms with Gasteiger partial charge in [-0.3, -0.25) is 10.1 Å². The van der Waals surface area contributed by atoms with Crippen molar-refractivity contribution in [2.75, 3.05) is 6.54 Å². The third kappa shape index (κ3) is 2.70. The van der Waals surface area contributed by atoms with E-state index in [9.17, 15) is 4.79 Å². The van der Waals surface area contributed by atoms with E-state index in [1.54, 1.807) is 18.6 Å². The molecule has 1 unspecified atom stereocenters. The second kappa shape index (κ2) is 5.46. The Bertz CT molecular complexity index is 371. The van der Waals surface area contributed by atoms with Crippen LogP contribution in [0.3, 0.4) is 0 Å². The molecule has 0 saturated heterocycles. The zero-order valence-corrected chi connectivity index (χ0v) is 9.55. The highest BCUT2D eigenvalue weighted by Crippen LogP contribution is 2.17. The minimum atomic E-state index is -0.913. The van der Waals surface area contributed by atoms with Crippen molar-refractivity contribution in [1.29, 1.82) is 0 Å². The lowest BCUT2D eigenvalue weighted by atomic mass is 10.2. The summed E-state index contributed by atoms with van der Waals surface area (Å²) >= 11 is 0. The molecule has 0 aromatic carbocycles. The molecule has 2 N–H and O–H groups in total. The lowest BCUT2D eigenvalue weighted by Gasteiger charge is -2.17. The van der Waals surface area contributed by atoms with Crippen LogP contribution < -0.4 is 5.32 Å². The lowest BCUT2D eigenvalue weighted by molar-refractivity contribution is -0.139. The van der Waals surface area contributed by atoms with E-state index in [0.717, 1.165) is 0 Å². The van der Waals surface area contributed by atoms with E-state index >= 15 is 0 Å². The molecule has 1 rings (SSSR count). The summed E-state index contributed by atoms with van der Waals surface area (Å²) in [4.78, 5) is 15.1. The maximum absolute atomic E-state index is 11.1. The molecule has 0 aliphatic carbocycles. The molecule has 0 spiro atoms. The van der Waals surface area contributed by atoms with Gasteiger partial charge in [0.2, 0.25) is 0 Å². The van der Waals surface area contributed by atoms with Crippen LogP contribution in [0.1, 0.15) is 31.6 Å². The molecular formula is C11H17N3O2. The van der Waals surface area contributed by atoms with Crippen LogP contribution in [0, 0.1) is 0 Å². The molecule has 5 nitrogen and oxygen atoms in total. The standard InChI is InChI=1S/C11H17N3O2/c1-4-5-13-10(11(15)16)9-6-12-7-14(9)8(2)3/h4,6-8,10,13H,1,5H2,2-3H3,(H,15,16). The topological polar surface area (TPSA) is 67.2 Å². The van der Waals surface area contributed by atoms with Crippen LogP contribution in [-0.4, -0.2) is 27.2 Å². The Morgan fingerprint density at radius 1 is 1.75 bits per heavy atom. The van der Waals surface area contributed by atoms with E-state index in [-0.39, 0.29) is 6.04 Å². The molecule has 0 saturated carbocycles. The third-order valence-electron chi connectivity index (χ3n) is 2.26. The maximum Gasteiger partial charge on any atom is 0.326 e. The molecule has 0 fully saturated rings. The van der Waals surface area contributed by atoms with Crippen LogP contribution in [-0.2, 0) is 4.79 Å². The SMILES string of the molecule is C=CCNC(C(=O)O)c1cncn1C(C)C. The van der Waals surface area contributed by atoms with E-state index in [1.165, 1.54) is 0 Å². The van der Waals surface area contributed by atoms with Crippen LogP contribution in [0.15, 0.2) is 25.2 Å². The molecule has 5 heteroatoms. The molecule has 0 radical (unpaired) electrons. The van der Waals surface area contributed by atoms with Gasteiger partial charge in [0.1, 0.15) is 6.04 Å². The molecule has 0 amide bonds. The van der Waals surface area contributed by atoms with Crippen LogP contribution >= 0.6 is 0 Å². The lowest BCUT2D eigenvalue weighted by Crippen LogP contribution is -2.30. The summed E-state index contributed by atoms with van der Waals surface area (Å²) in [6, 6.07) is -0.562. The minimum absolute atomic E-state index is 0.185. The van der Waals surface area contributed by atoms with E-state index in [1.807, 2.05) is 18.4 Å². The second-order valence-electron chi connectivity index (χ2n) is 3.79. The van der Waals surface area contributed by atoms with Crippen molar-refractivity contribution < 1.29 is 9.90 Å². The highest BCUT2D eigenvalue weighted by molar-refractivity contribution is 5.74. The molecule has 0 aliphatic rings. The zero-order chi connectivity index (χ0) is 12.1. The fraction of sp³-hybridized carbons (Fsp3) is 0.455. The molecule has 0 bridgehead atoms. The van der Waals surface area contributed by atoms with Crippen LogP contribution in [0.4, 0.5) is 0 Å². The molecule has 1 aromatic heterocycles. The van der Waals surface area contributed by atoms with Gasteiger partial charge in [-0.15, -0.1) is 6.58 Å². The summed E-state index contributed by atoms with van der Waals surface area (Å²) in [6.07, 6.45) is 4.85. The van der Waals surface area contributed by atoms with Gasteiger partial charge in [0.05, 0.1) is 18.2 Å². The van der Waals surface area contributed by atoms with E-state index in [2.05, 4.69) is 16.9 Å². The summed E-state index contributed by atoms with van der Waals surface area (Å²) in [7, 11) is 0. The fourth-order valence-electron chi connectivity index (χ4n) is 1.49. The first-order valence-electron chi connectivity index (χ1n) is 5.16. The van der Waals surface area contributed by atoms with Gasteiger partial charge in [0, 0.05) is 12.6 Å². The second-order valence-corrected chi connectivity index (χ2v) is 3.79. The van der Waals surface area contributed by atoms with Gasteiger partial charge in [-0.25, -0.2) is 4.98 Å². The summed E-state index contributed by atoms with van der Waals surface area (Å²) in [5.74, 6) is -0.913. The van der Waals surface area contributed by atoms with Crippen LogP contribution in [0.2, 0.25) is 0 Å². The number of rotatable bonds is 6. The number of aliphatic carboxylic acids is 1. The van der Waals surface area contributed by atoms with E-state index in [4.69, 9.17) is 5.11 Å². The smallest absolute Gasteiger partial charge is 0.326 e. The fourth-order valence-corrected chi connectivity index (χ4v) is 1.49. The maximum atomic E-state index is 11.1. The number of nitrogens with zero attached hydrogens (tertiary/aromatic N) is 2. The van der Waals surface area contributed by atoms with Gasteiger partial charge in [-0.2, -0.15) is 0 Å². The number of nitrogens with one attached hydrogen (secondary N) is 1. The van der Waals surface area contributed by atoms with Gasteiger partial charge in [0.15, 0.2) is 0 Å². The normalized spacial score (nSPS) is 12.7. The summed E-state index contributed by atoms with van der Waals surface area (Å²) in [5, 5.41) is 12.0. The van der Waals surface area contributed by atoms with Crippen molar-refractivity contribution in [2.24, 2.45) is 0 Å². The summed E-state index contributed by atoms with van der Waals surface area (Å²) in [6.45, 7) is 7.97. The van der Waals surface area contributed by atoms with Crippen molar-refractivity contribution in [3.63, 3.8) is 0 Å². The van der Waals surface area contributed by atoms with Gasteiger partial charge < -0.3 is 9.67 Å². The predicted octanol–water partition coefficient (Wildman–Crippen LogP) is 1.37. The number of imidazole rings is 1. The Hall–Kier alpha value is -1.62. The molecule has 1 heterocycles. The Morgan fingerprint density at radius 2 is 2.44 bits per heavy atom. The van der Waals surface area contributed by atoms with Crippen molar-refractivity contribution in [3.05, 3.63) is 30.9 Å². The first-order chi connectivity index (χ1) is 7.57. The number of carboxylic acids is 1. The monoisotopic (exact) mass is 223 g/mol. The Labute approximate surface area is 94.8 Å². The Balaban J connectivity index is 2.96. The highest BCUT2D eigenvalue weighted by Gasteiger charge is 2.23. The molecule has 16 heavy (non-hydrogen) atoms. The van der Waals surface area contributed by atoms with E-state index < -0.39 is 12.0 Å². The van der Waals surface area contributed by atoms with Gasteiger partial charge in [0.25, 0.3) is 0 Å². The average Bonchev–Trinajstić information content (AvgIpc) is 2.66. The van der Waals surface area contributed by atoms with Crippen molar-refractivity contribution in [3.8, 4) is 0 Å². The highest BCUT2D eigenvalue weighted by atomic mass is 16.4. The predicted molar refractivity (Wildman–Crippen MR) is 61.2 cm³/mol. The van der Waals surface area contributed by atoms with Gasteiger partial charge in [-0.1, -0.05) is 6.08 Å². The third-order valence-corrected chi connectivity index (χ3v) is 2.26. The van der Waals surface area contributed by atoms with Gasteiger partial charge in [-0.05, 0) is 13.8 Å². The first kappa shape index (κ1) is 12.4. The number of hydrogen-bond acceptors (Lipinski definition) is 3. The van der Waals surface area contributed by atoms with Crippen LogP contribution in [0.5, 0.6) is 0 Å². The van der Waals surface area contributed by atoms with Crippen molar-refractivity contribution in [1.82, 2.24) is 14.9 Å². The number of hydrogen-bond donors (Lipinski definition) is 2. The molecule has 1 aromatic rings. The molecular weight excluding hydrogens is 206 g/mol. The molecule has 88 valence electrons. The minimum Gasteiger partial charge on any atom is -0.480 e. The van der Waals surface area contributed by atoms with E-state index in [0.29, 0.717) is 12.2 Å². The number of carboxylic acid groups (broad SMARTS) is 1. The largest absolute Gasteiger partial charge is 0.480 e. The van der Waals surface area contributed by atoms with Crippen molar-refractivity contribution >= 4 is 5.97 Å². The Morgan fingerprint density at radius 3 is 2.94 bits per heavy atom. The average molecular weight is 223 g/mol. The molecule has 1 atom stereocenters. The summed E-state index contributed by atoms with van der Waals surface area (Å²) in [5.41, 5.74) is 0.657. The van der Waals surface area contributed by atoms with Crippen LogP contribution in [0.25, 0.3) is 0 Å². The molecule has 0 aliphatic heterocycles. The Kier molecular flexibility index (Phi) is 4.25.